The molecule has 0 saturated carbocycles. The lowest BCUT2D eigenvalue weighted by atomic mass is 9.99. The van der Waals surface area contributed by atoms with Gasteiger partial charge in [0.2, 0.25) is 0 Å². The van der Waals surface area contributed by atoms with Gasteiger partial charge < -0.3 is 10.0 Å². The zero-order valence-corrected chi connectivity index (χ0v) is 14.8. The predicted molar refractivity (Wildman–Crippen MR) is 102 cm³/mol. The second-order valence-corrected chi connectivity index (χ2v) is 6.05. The second-order valence-electron chi connectivity index (χ2n) is 6.05. The van der Waals surface area contributed by atoms with E-state index >= 15 is 0 Å². The molecule has 0 saturated heterocycles. The Labute approximate surface area is 147 Å². The first kappa shape index (κ1) is 17.0. The molecule has 4 heteroatoms. The van der Waals surface area contributed by atoms with Gasteiger partial charge in [-0.1, -0.05) is 42.0 Å². The SMILES string of the molecule is CCN(CC)c1c(-c2ccccc2)nc2ccc(C)cc2c1C(=O)O. The number of benzene rings is 2. The van der Waals surface area contributed by atoms with Crippen LogP contribution in [0.25, 0.3) is 22.2 Å². The fourth-order valence-corrected chi connectivity index (χ4v) is 3.23. The average molecular weight is 334 g/mol. The number of rotatable bonds is 5. The van der Waals surface area contributed by atoms with Crippen LogP contribution in [0.15, 0.2) is 48.5 Å². The van der Waals surface area contributed by atoms with Gasteiger partial charge in [-0.25, -0.2) is 9.78 Å². The molecule has 25 heavy (non-hydrogen) atoms. The monoisotopic (exact) mass is 334 g/mol. The molecule has 0 spiro atoms. The van der Waals surface area contributed by atoms with E-state index in [4.69, 9.17) is 4.98 Å². The van der Waals surface area contributed by atoms with Crippen LogP contribution in [0, 0.1) is 6.92 Å². The highest BCUT2D eigenvalue weighted by Crippen LogP contribution is 2.37. The highest BCUT2D eigenvalue weighted by molar-refractivity contribution is 6.10. The molecule has 0 aliphatic heterocycles. The van der Waals surface area contributed by atoms with Crippen LogP contribution in [0.5, 0.6) is 0 Å². The number of aryl methyl sites for hydroxylation is 1. The maximum absolute atomic E-state index is 12.2. The number of carboxylic acid groups (broad SMARTS) is 1. The number of nitrogens with zero attached hydrogens (tertiary/aromatic N) is 2. The zero-order valence-electron chi connectivity index (χ0n) is 14.8. The van der Waals surface area contributed by atoms with Gasteiger partial charge in [-0.05, 0) is 32.9 Å². The Morgan fingerprint density at radius 1 is 1.08 bits per heavy atom. The molecule has 1 N–H and O–H groups in total. The van der Waals surface area contributed by atoms with Crippen LogP contribution in [0.1, 0.15) is 29.8 Å². The van der Waals surface area contributed by atoms with Gasteiger partial charge in [0.05, 0.1) is 22.5 Å². The highest BCUT2D eigenvalue weighted by Gasteiger charge is 2.24. The number of aromatic carboxylic acids is 1. The van der Waals surface area contributed by atoms with Crippen molar-refractivity contribution in [1.82, 2.24) is 4.98 Å². The molecule has 4 nitrogen and oxygen atoms in total. The molecule has 0 radical (unpaired) electrons. The average Bonchev–Trinajstić information content (AvgIpc) is 2.62. The summed E-state index contributed by atoms with van der Waals surface area (Å²) in [4.78, 5) is 19.1. The summed E-state index contributed by atoms with van der Waals surface area (Å²) in [6, 6.07) is 15.6. The van der Waals surface area contributed by atoms with Gasteiger partial charge in [0, 0.05) is 24.0 Å². The van der Waals surface area contributed by atoms with Crippen molar-refractivity contribution in [3.8, 4) is 11.3 Å². The van der Waals surface area contributed by atoms with Gasteiger partial charge in [-0.15, -0.1) is 0 Å². The lowest BCUT2D eigenvalue weighted by Gasteiger charge is -2.26. The largest absolute Gasteiger partial charge is 0.478 e. The first-order valence-corrected chi connectivity index (χ1v) is 8.54. The van der Waals surface area contributed by atoms with E-state index in [0.29, 0.717) is 22.2 Å². The van der Waals surface area contributed by atoms with Gasteiger partial charge in [0.1, 0.15) is 0 Å². The summed E-state index contributed by atoms with van der Waals surface area (Å²) >= 11 is 0. The van der Waals surface area contributed by atoms with Gasteiger partial charge in [0.25, 0.3) is 0 Å². The molecule has 0 unspecified atom stereocenters. The fraction of sp³-hybridized carbons (Fsp3) is 0.238. The molecule has 0 bridgehead atoms. The van der Waals surface area contributed by atoms with Crippen molar-refractivity contribution in [2.45, 2.75) is 20.8 Å². The molecular formula is C21H22N2O2. The molecule has 0 amide bonds. The highest BCUT2D eigenvalue weighted by atomic mass is 16.4. The molecular weight excluding hydrogens is 312 g/mol. The van der Waals surface area contributed by atoms with Crippen LogP contribution in [-0.2, 0) is 0 Å². The summed E-state index contributed by atoms with van der Waals surface area (Å²) in [5.74, 6) is -0.919. The minimum atomic E-state index is -0.919. The fourth-order valence-electron chi connectivity index (χ4n) is 3.23. The molecule has 0 aliphatic rings. The third kappa shape index (κ3) is 3.07. The molecule has 3 rings (SSSR count). The Hall–Kier alpha value is -2.88. The van der Waals surface area contributed by atoms with Crippen molar-refractivity contribution in [2.24, 2.45) is 0 Å². The first-order chi connectivity index (χ1) is 12.1. The number of anilines is 1. The molecule has 128 valence electrons. The predicted octanol–water partition coefficient (Wildman–Crippen LogP) is 4.75. The van der Waals surface area contributed by atoms with Crippen molar-refractivity contribution in [3.63, 3.8) is 0 Å². The molecule has 0 fully saturated rings. The van der Waals surface area contributed by atoms with Gasteiger partial charge in [-0.3, -0.25) is 0 Å². The van der Waals surface area contributed by atoms with Crippen molar-refractivity contribution < 1.29 is 9.90 Å². The number of carboxylic acids is 1. The van der Waals surface area contributed by atoms with Gasteiger partial charge >= 0.3 is 5.97 Å². The minimum absolute atomic E-state index is 0.330. The number of hydrogen-bond acceptors (Lipinski definition) is 3. The molecule has 0 aliphatic carbocycles. The number of aromatic nitrogens is 1. The van der Waals surface area contributed by atoms with E-state index < -0.39 is 5.97 Å². The van der Waals surface area contributed by atoms with Crippen LogP contribution >= 0.6 is 0 Å². The lowest BCUT2D eigenvalue weighted by molar-refractivity contribution is 0.0699. The lowest BCUT2D eigenvalue weighted by Crippen LogP contribution is -2.25. The van der Waals surface area contributed by atoms with Crippen LogP contribution in [0.2, 0.25) is 0 Å². The van der Waals surface area contributed by atoms with Crippen molar-refractivity contribution in [3.05, 3.63) is 59.7 Å². The number of carbonyl (C=O) groups is 1. The van der Waals surface area contributed by atoms with E-state index in [-0.39, 0.29) is 0 Å². The summed E-state index contributed by atoms with van der Waals surface area (Å²) in [5.41, 5.74) is 4.40. The van der Waals surface area contributed by atoms with Crippen molar-refractivity contribution in [1.29, 1.82) is 0 Å². The van der Waals surface area contributed by atoms with E-state index in [1.165, 1.54) is 0 Å². The van der Waals surface area contributed by atoms with E-state index in [1.54, 1.807) is 0 Å². The van der Waals surface area contributed by atoms with E-state index in [9.17, 15) is 9.90 Å². The maximum Gasteiger partial charge on any atom is 0.338 e. The number of hydrogen-bond donors (Lipinski definition) is 1. The van der Waals surface area contributed by atoms with Gasteiger partial charge in [0.15, 0.2) is 0 Å². The Kier molecular flexibility index (Phi) is 4.70. The normalized spacial score (nSPS) is 10.8. The van der Waals surface area contributed by atoms with Crippen LogP contribution in [0.3, 0.4) is 0 Å². The molecule has 0 atom stereocenters. The first-order valence-electron chi connectivity index (χ1n) is 8.54. The quantitative estimate of drug-likeness (QED) is 0.731. The maximum atomic E-state index is 12.2. The third-order valence-corrected chi connectivity index (χ3v) is 4.46. The summed E-state index contributed by atoms with van der Waals surface area (Å²) in [6.07, 6.45) is 0. The topological polar surface area (TPSA) is 53.4 Å². The van der Waals surface area contributed by atoms with E-state index in [2.05, 4.69) is 4.90 Å². The van der Waals surface area contributed by atoms with Crippen LogP contribution in [0.4, 0.5) is 5.69 Å². The summed E-state index contributed by atoms with van der Waals surface area (Å²) in [6.45, 7) is 7.47. The smallest absolute Gasteiger partial charge is 0.338 e. The number of pyridine rings is 1. The summed E-state index contributed by atoms with van der Waals surface area (Å²) < 4.78 is 0. The summed E-state index contributed by atoms with van der Waals surface area (Å²) in [7, 11) is 0. The zero-order chi connectivity index (χ0) is 18.0. The Balaban J connectivity index is 2.47. The third-order valence-electron chi connectivity index (χ3n) is 4.46. The molecule has 3 aromatic rings. The summed E-state index contributed by atoms with van der Waals surface area (Å²) in [5, 5.41) is 10.7. The van der Waals surface area contributed by atoms with E-state index in [0.717, 1.165) is 29.9 Å². The van der Waals surface area contributed by atoms with Crippen molar-refractivity contribution >= 4 is 22.6 Å². The molecule has 1 heterocycles. The Bertz CT molecular complexity index is 916. The Morgan fingerprint density at radius 2 is 1.76 bits per heavy atom. The standard InChI is InChI=1S/C21H22N2O2/c1-4-23(5-2)20-18(21(24)25)16-13-14(3)11-12-17(16)22-19(20)15-9-7-6-8-10-15/h6-13H,4-5H2,1-3H3,(H,24,25). The second kappa shape index (κ2) is 6.93. The van der Waals surface area contributed by atoms with Crippen LogP contribution < -0.4 is 4.90 Å². The minimum Gasteiger partial charge on any atom is -0.478 e. The Morgan fingerprint density at radius 3 is 2.36 bits per heavy atom. The van der Waals surface area contributed by atoms with E-state index in [1.807, 2.05) is 69.3 Å². The molecule has 1 aromatic heterocycles. The molecule has 2 aromatic carbocycles. The number of fused-ring (bicyclic) bond motifs is 1. The van der Waals surface area contributed by atoms with Crippen molar-refractivity contribution in [2.75, 3.05) is 18.0 Å². The van der Waals surface area contributed by atoms with Crippen LogP contribution in [-0.4, -0.2) is 29.1 Å². The van der Waals surface area contributed by atoms with Gasteiger partial charge in [-0.2, -0.15) is 0 Å².